The molecule has 2 unspecified atom stereocenters. The molecule has 0 aliphatic heterocycles. The van der Waals surface area contributed by atoms with Crippen LogP contribution in [0.5, 0.6) is 0 Å². The van der Waals surface area contributed by atoms with E-state index in [0.29, 0.717) is 12.8 Å². The Kier molecular flexibility index (Phi) is 36.7. The monoisotopic (exact) mass is 752 g/mol. The summed E-state index contributed by atoms with van der Waals surface area (Å²) in [5.41, 5.74) is 0. The van der Waals surface area contributed by atoms with Crippen LogP contribution < -0.4 is 5.32 Å². The zero-order chi connectivity index (χ0) is 38.2. The number of unbranched alkanes of at least 4 members (excludes halogenated alkanes) is 14. The summed E-state index contributed by atoms with van der Waals surface area (Å²) in [5, 5.41) is 12.7. The summed E-state index contributed by atoms with van der Waals surface area (Å²) in [5.74, 6) is -0.552. The first-order chi connectivity index (χ1) is 25.3. The minimum atomic E-state index is -4.42. The number of phosphoric acid groups is 1. The molecule has 0 aromatic heterocycles. The smallest absolute Gasteiger partial charge is 0.463 e. The van der Waals surface area contributed by atoms with E-state index in [4.69, 9.17) is 13.8 Å². The van der Waals surface area contributed by atoms with E-state index in [-0.39, 0.29) is 32.1 Å². The predicted molar refractivity (Wildman–Crippen MR) is 215 cm³/mol. The van der Waals surface area contributed by atoms with E-state index in [1.54, 1.807) is 0 Å². The van der Waals surface area contributed by atoms with Crippen molar-refractivity contribution in [2.75, 3.05) is 26.4 Å². The Morgan fingerprint density at radius 2 is 1.10 bits per heavy atom. The Labute approximate surface area is 317 Å². The Morgan fingerprint density at radius 3 is 1.65 bits per heavy atom. The lowest BCUT2D eigenvalue weighted by Crippen LogP contribution is -2.27. The van der Waals surface area contributed by atoms with Crippen molar-refractivity contribution in [2.45, 2.75) is 168 Å². The zero-order valence-electron chi connectivity index (χ0n) is 32.7. The molecule has 0 heterocycles. The van der Waals surface area contributed by atoms with Crippen LogP contribution in [0, 0.1) is 0 Å². The molecule has 0 bridgehead atoms. The van der Waals surface area contributed by atoms with E-state index >= 15 is 0 Å². The topological polar surface area (TPSA) is 131 Å². The minimum Gasteiger partial charge on any atom is -0.463 e. The van der Waals surface area contributed by atoms with Gasteiger partial charge in [-0.3, -0.25) is 18.6 Å². The number of carbonyl (C=O) groups excluding carboxylic acids is 2. The third-order valence-corrected chi connectivity index (χ3v) is 9.17. The lowest BCUT2D eigenvalue weighted by molar-refractivity contribution is -0.147. The number of ether oxygens (including phenoxy) is 1. The van der Waals surface area contributed by atoms with Gasteiger partial charge in [-0.15, -0.1) is 0 Å². The van der Waals surface area contributed by atoms with E-state index in [1.807, 2.05) is 0 Å². The Morgan fingerprint density at radius 1 is 0.615 bits per heavy atom. The van der Waals surface area contributed by atoms with E-state index in [2.05, 4.69) is 79.9 Å². The van der Waals surface area contributed by atoms with E-state index in [0.717, 1.165) is 96.3 Å². The molecule has 0 aliphatic rings. The molecule has 0 fully saturated rings. The molecule has 9 nitrogen and oxygen atoms in total. The number of hydrogen-bond acceptors (Lipinski definition) is 7. The van der Waals surface area contributed by atoms with Crippen molar-refractivity contribution in [3.63, 3.8) is 0 Å². The van der Waals surface area contributed by atoms with E-state index in [1.165, 1.54) is 32.1 Å². The number of rotatable bonds is 37. The maximum atomic E-state index is 12.1. The lowest BCUT2D eigenvalue weighted by Gasteiger charge is -2.15. The molecule has 0 saturated heterocycles. The first kappa shape index (κ1) is 49.7. The molecule has 0 saturated carbocycles. The number of amides is 1. The minimum absolute atomic E-state index is 0.0692. The fourth-order valence-corrected chi connectivity index (χ4v) is 5.89. The molecule has 1 amide bonds. The number of nitrogens with one attached hydrogen (secondary N) is 1. The standard InChI is InChI=1S/C42H74NO8P/c1-3-5-7-9-11-13-15-17-19-21-22-24-26-28-30-32-34-41(45)43-36-37-50-52(47,48)51-39-40(44)38-49-42(46)35-33-31-29-27-25-23-20-18-16-14-12-10-8-6-4-2/h6,8,12-15,18-21,40,44H,3-5,7,9-11,16-17,22-39H2,1-2H3,(H,43,45)(H,47,48)/b8-6-,14-12-,15-13-,20-18-,21-19-. The van der Waals surface area contributed by atoms with Gasteiger partial charge in [-0.05, 0) is 77.0 Å². The first-order valence-corrected chi connectivity index (χ1v) is 21.8. The van der Waals surface area contributed by atoms with Crippen LogP contribution in [0.3, 0.4) is 0 Å². The largest absolute Gasteiger partial charge is 0.472 e. The summed E-state index contributed by atoms with van der Waals surface area (Å²) in [6, 6.07) is 0. The van der Waals surface area contributed by atoms with Crippen molar-refractivity contribution in [3.05, 3.63) is 60.8 Å². The van der Waals surface area contributed by atoms with Gasteiger partial charge >= 0.3 is 13.8 Å². The molecule has 0 spiro atoms. The van der Waals surface area contributed by atoms with Gasteiger partial charge in [0.25, 0.3) is 0 Å². The van der Waals surface area contributed by atoms with Crippen molar-refractivity contribution in [1.82, 2.24) is 5.32 Å². The Bertz CT molecular complexity index is 1040. The average Bonchev–Trinajstić information content (AvgIpc) is 3.13. The van der Waals surface area contributed by atoms with Crippen LogP contribution in [0.2, 0.25) is 0 Å². The Hall–Kier alpha value is -2.29. The SMILES string of the molecule is CC/C=C\C/C=C\C/C=C\CCCCCCCC(=O)OCC(O)COP(=O)(O)OCCNC(=O)CCCCCCC/C=C\C/C=C\CCCCCC. The molecule has 3 N–H and O–H groups in total. The molecule has 2 atom stereocenters. The predicted octanol–water partition coefficient (Wildman–Crippen LogP) is 10.9. The summed E-state index contributed by atoms with van der Waals surface area (Å²) in [7, 11) is -4.42. The molecule has 0 aromatic rings. The van der Waals surface area contributed by atoms with Gasteiger partial charge in [0.1, 0.15) is 12.7 Å². The van der Waals surface area contributed by atoms with Crippen molar-refractivity contribution in [1.29, 1.82) is 0 Å². The maximum Gasteiger partial charge on any atom is 0.472 e. The normalized spacial score (nSPS) is 14.0. The highest BCUT2D eigenvalue weighted by atomic mass is 31.2. The van der Waals surface area contributed by atoms with Crippen molar-refractivity contribution in [2.24, 2.45) is 0 Å². The lowest BCUT2D eigenvalue weighted by atomic mass is 10.1. The van der Waals surface area contributed by atoms with Crippen LogP contribution >= 0.6 is 7.82 Å². The second-order valence-electron chi connectivity index (χ2n) is 13.2. The molecule has 300 valence electrons. The molecular formula is C42H74NO8P. The van der Waals surface area contributed by atoms with Gasteiger partial charge in [0.15, 0.2) is 0 Å². The summed E-state index contributed by atoms with van der Waals surface area (Å²) in [4.78, 5) is 33.8. The van der Waals surface area contributed by atoms with Gasteiger partial charge in [-0.25, -0.2) is 4.57 Å². The first-order valence-electron chi connectivity index (χ1n) is 20.3. The van der Waals surface area contributed by atoms with Gasteiger partial charge in [-0.2, -0.15) is 0 Å². The number of esters is 1. The van der Waals surface area contributed by atoms with Gasteiger partial charge in [0.2, 0.25) is 5.91 Å². The molecule has 0 aliphatic carbocycles. The molecule has 10 heteroatoms. The molecule has 0 aromatic carbocycles. The summed E-state index contributed by atoms with van der Waals surface area (Å²) < 4.78 is 26.8. The fraction of sp³-hybridized carbons (Fsp3) is 0.714. The number of hydrogen-bond donors (Lipinski definition) is 3. The van der Waals surface area contributed by atoms with Crippen molar-refractivity contribution < 1.29 is 37.9 Å². The van der Waals surface area contributed by atoms with Crippen LogP contribution in [-0.4, -0.2) is 54.3 Å². The fourth-order valence-electron chi connectivity index (χ4n) is 5.13. The highest BCUT2D eigenvalue weighted by Crippen LogP contribution is 2.42. The third kappa shape index (κ3) is 38.9. The van der Waals surface area contributed by atoms with Gasteiger partial charge in [0, 0.05) is 19.4 Å². The Balaban J connectivity index is 3.67. The number of allylic oxidation sites excluding steroid dienone is 10. The summed E-state index contributed by atoms with van der Waals surface area (Å²) >= 11 is 0. The number of carbonyl (C=O) groups is 2. The number of aliphatic hydroxyl groups excluding tert-OH is 1. The number of phosphoric ester groups is 1. The van der Waals surface area contributed by atoms with Crippen LogP contribution in [0.4, 0.5) is 0 Å². The summed E-state index contributed by atoms with van der Waals surface area (Å²) in [6.45, 7) is 3.37. The van der Waals surface area contributed by atoms with Crippen LogP contribution in [0.1, 0.15) is 162 Å². The zero-order valence-corrected chi connectivity index (χ0v) is 33.6. The molecule has 52 heavy (non-hydrogen) atoms. The van der Waals surface area contributed by atoms with Gasteiger partial charge in [-0.1, -0.05) is 132 Å². The number of aliphatic hydroxyl groups is 1. The highest BCUT2D eigenvalue weighted by Gasteiger charge is 2.23. The average molecular weight is 752 g/mol. The molecule has 0 radical (unpaired) electrons. The van der Waals surface area contributed by atoms with Gasteiger partial charge < -0.3 is 20.1 Å². The van der Waals surface area contributed by atoms with Gasteiger partial charge in [0.05, 0.1) is 13.2 Å². The second kappa shape index (κ2) is 38.4. The van der Waals surface area contributed by atoms with Crippen LogP contribution in [-0.2, 0) is 27.9 Å². The molecular weight excluding hydrogens is 677 g/mol. The van der Waals surface area contributed by atoms with Crippen LogP contribution in [0.25, 0.3) is 0 Å². The van der Waals surface area contributed by atoms with Crippen molar-refractivity contribution >= 4 is 19.7 Å². The van der Waals surface area contributed by atoms with Crippen LogP contribution in [0.15, 0.2) is 60.8 Å². The van der Waals surface area contributed by atoms with E-state index in [9.17, 15) is 24.2 Å². The maximum absolute atomic E-state index is 12.1. The highest BCUT2D eigenvalue weighted by molar-refractivity contribution is 7.47. The third-order valence-electron chi connectivity index (χ3n) is 8.18. The van der Waals surface area contributed by atoms with E-state index < -0.39 is 26.5 Å². The quantitative estimate of drug-likeness (QED) is 0.0247. The van der Waals surface area contributed by atoms with Crippen molar-refractivity contribution in [3.8, 4) is 0 Å². The molecule has 0 rings (SSSR count). The second-order valence-corrected chi connectivity index (χ2v) is 14.7. The summed E-state index contributed by atoms with van der Waals surface area (Å²) in [6.07, 6.45) is 44.3.